The fourth-order valence-corrected chi connectivity index (χ4v) is 4.60. The third kappa shape index (κ3) is 2.82. The molecule has 2 saturated carbocycles. The topological polar surface area (TPSA) is 52.3 Å². The van der Waals surface area contributed by atoms with Crippen LogP contribution >= 0.6 is 11.3 Å². The number of oxazole rings is 1. The van der Waals surface area contributed by atoms with Crippen LogP contribution in [0.4, 0.5) is 0 Å². The minimum atomic E-state index is -0.0989. The predicted molar refractivity (Wildman–Crippen MR) is 83.2 cm³/mol. The highest BCUT2D eigenvalue weighted by molar-refractivity contribution is 7.13. The number of thiophene rings is 1. The number of rotatable bonds is 5. The third-order valence-corrected chi connectivity index (χ3v) is 5.84. The Kier molecular flexibility index (Phi) is 3.74. The monoisotopic (exact) mass is 317 g/mol. The van der Waals surface area contributed by atoms with Gasteiger partial charge in [-0.1, -0.05) is 12.5 Å². The van der Waals surface area contributed by atoms with E-state index in [1.165, 1.54) is 25.7 Å². The maximum absolute atomic E-state index is 12.0. The second-order valence-corrected chi connectivity index (χ2v) is 7.37. The van der Waals surface area contributed by atoms with Crippen LogP contribution in [0.2, 0.25) is 0 Å². The number of hydrogen-bond donors (Lipinski definition) is 0. The van der Waals surface area contributed by atoms with E-state index in [4.69, 9.17) is 9.15 Å². The Morgan fingerprint density at radius 3 is 3.09 bits per heavy atom. The molecule has 0 saturated heterocycles. The number of carbonyl (C=O) groups is 1. The lowest BCUT2D eigenvalue weighted by molar-refractivity contribution is -0.146. The maximum Gasteiger partial charge on any atom is 0.306 e. The van der Waals surface area contributed by atoms with Crippen molar-refractivity contribution in [3.63, 3.8) is 0 Å². The van der Waals surface area contributed by atoms with Gasteiger partial charge in [-0.3, -0.25) is 4.79 Å². The van der Waals surface area contributed by atoms with E-state index in [9.17, 15) is 4.79 Å². The number of nitrogens with zero attached hydrogens (tertiary/aromatic N) is 1. The Hall–Kier alpha value is -1.62. The first-order valence-electron chi connectivity index (χ1n) is 7.92. The average Bonchev–Trinajstić information content (AvgIpc) is 3.27. The van der Waals surface area contributed by atoms with Gasteiger partial charge in [0.25, 0.3) is 0 Å². The number of hydrogen-bond acceptors (Lipinski definition) is 5. The minimum Gasteiger partial charge on any atom is -0.459 e. The lowest BCUT2D eigenvalue weighted by Crippen LogP contribution is -2.17. The SMILES string of the molecule is O=C(C[C@@H]1C[C@H]2CC[C@H]1C2)OCc1coc(-c2cccs2)n1. The van der Waals surface area contributed by atoms with Gasteiger partial charge in [0, 0.05) is 6.42 Å². The van der Waals surface area contributed by atoms with Crippen molar-refractivity contribution in [3.8, 4) is 10.8 Å². The molecule has 0 amide bonds. The number of esters is 1. The summed E-state index contributed by atoms with van der Waals surface area (Å²) in [4.78, 5) is 17.4. The Morgan fingerprint density at radius 1 is 1.41 bits per heavy atom. The largest absolute Gasteiger partial charge is 0.459 e. The highest BCUT2D eigenvalue weighted by atomic mass is 32.1. The molecule has 0 unspecified atom stereocenters. The molecule has 2 aliphatic carbocycles. The first kappa shape index (κ1) is 14.0. The highest BCUT2D eigenvalue weighted by Gasteiger charge is 2.40. The number of aromatic nitrogens is 1. The van der Waals surface area contributed by atoms with E-state index < -0.39 is 0 Å². The van der Waals surface area contributed by atoms with Gasteiger partial charge in [-0.25, -0.2) is 4.98 Å². The molecule has 4 nitrogen and oxygen atoms in total. The standard InChI is InChI=1S/C17H19NO3S/c19-16(8-13-7-11-3-4-12(13)6-11)20-9-14-10-21-17(18-14)15-2-1-5-22-15/h1-2,5,10-13H,3-4,6-9H2/t11-,12-,13-/m0/s1. The lowest BCUT2D eigenvalue weighted by Gasteiger charge is -2.20. The molecule has 2 fully saturated rings. The van der Waals surface area contributed by atoms with E-state index in [-0.39, 0.29) is 12.6 Å². The summed E-state index contributed by atoms with van der Waals surface area (Å²) in [5.41, 5.74) is 0.671. The second-order valence-electron chi connectivity index (χ2n) is 6.42. The second kappa shape index (κ2) is 5.88. The van der Waals surface area contributed by atoms with Gasteiger partial charge >= 0.3 is 5.97 Å². The van der Waals surface area contributed by atoms with Crippen molar-refractivity contribution in [3.05, 3.63) is 29.5 Å². The lowest BCUT2D eigenvalue weighted by atomic mass is 9.86. The zero-order chi connectivity index (χ0) is 14.9. The van der Waals surface area contributed by atoms with Gasteiger partial charge in [-0.15, -0.1) is 11.3 Å². The summed E-state index contributed by atoms with van der Waals surface area (Å²) in [6.45, 7) is 0.203. The molecular weight excluding hydrogens is 298 g/mol. The van der Waals surface area contributed by atoms with Crippen LogP contribution < -0.4 is 0 Å². The van der Waals surface area contributed by atoms with Crippen molar-refractivity contribution in [2.75, 3.05) is 0 Å². The van der Waals surface area contributed by atoms with E-state index in [2.05, 4.69) is 4.98 Å². The van der Waals surface area contributed by atoms with E-state index in [1.54, 1.807) is 17.6 Å². The molecule has 0 spiro atoms. The zero-order valence-electron chi connectivity index (χ0n) is 12.4. The Balaban J connectivity index is 1.28. The molecule has 3 atom stereocenters. The quantitative estimate of drug-likeness (QED) is 0.773. The Bertz CT molecular complexity index is 649. The molecule has 22 heavy (non-hydrogen) atoms. The van der Waals surface area contributed by atoms with E-state index in [1.807, 2.05) is 17.5 Å². The molecule has 2 aliphatic rings. The van der Waals surface area contributed by atoms with Gasteiger partial charge in [0.1, 0.15) is 18.6 Å². The van der Waals surface area contributed by atoms with Gasteiger partial charge in [-0.05, 0) is 48.5 Å². The minimum absolute atomic E-state index is 0.0989. The first-order valence-corrected chi connectivity index (χ1v) is 8.80. The van der Waals surface area contributed by atoms with E-state index >= 15 is 0 Å². The molecule has 0 N–H and O–H groups in total. The fraction of sp³-hybridized carbons (Fsp3) is 0.529. The van der Waals surface area contributed by atoms with Gasteiger partial charge in [0.2, 0.25) is 5.89 Å². The molecule has 116 valence electrons. The number of fused-ring (bicyclic) bond motifs is 2. The smallest absolute Gasteiger partial charge is 0.306 e. The molecule has 5 heteroatoms. The molecule has 0 aromatic carbocycles. The summed E-state index contributed by atoms with van der Waals surface area (Å²) in [5, 5.41) is 1.98. The molecule has 2 bridgehead atoms. The third-order valence-electron chi connectivity index (χ3n) is 4.98. The fourth-order valence-electron chi connectivity index (χ4n) is 3.94. The van der Waals surface area contributed by atoms with Crippen LogP contribution in [-0.2, 0) is 16.1 Å². The van der Waals surface area contributed by atoms with Gasteiger partial charge in [0.15, 0.2) is 0 Å². The number of ether oxygens (including phenoxy) is 1. The van der Waals surface area contributed by atoms with Crippen molar-refractivity contribution in [1.82, 2.24) is 4.98 Å². The Labute approximate surface area is 133 Å². The Morgan fingerprint density at radius 2 is 2.36 bits per heavy atom. The van der Waals surface area contributed by atoms with E-state index in [0.717, 1.165) is 16.7 Å². The average molecular weight is 317 g/mol. The highest BCUT2D eigenvalue weighted by Crippen LogP contribution is 2.49. The van der Waals surface area contributed by atoms with Crippen LogP contribution in [0.25, 0.3) is 10.8 Å². The van der Waals surface area contributed by atoms with Crippen molar-refractivity contribution in [2.24, 2.45) is 17.8 Å². The normalized spacial score (nSPS) is 26.5. The molecule has 2 heterocycles. The van der Waals surface area contributed by atoms with Gasteiger partial charge in [-0.2, -0.15) is 0 Å². The predicted octanol–water partition coefficient (Wildman–Crippen LogP) is 4.27. The van der Waals surface area contributed by atoms with Crippen LogP contribution in [0.1, 0.15) is 37.8 Å². The molecule has 2 aromatic rings. The van der Waals surface area contributed by atoms with Crippen LogP contribution in [0.15, 0.2) is 28.2 Å². The van der Waals surface area contributed by atoms with E-state index in [0.29, 0.717) is 23.9 Å². The summed E-state index contributed by atoms with van der Waals surface area (Å²) >= 11 is 1.58. The van der Waals surface area contributed by atoms with Gasteiger partial charge < -0.3 is 9.15 Å². The van der Waals surface area contributed by atoms with Crippen LogP contribution in [-0.4, -0.2) is 11.0 Å². The summed E-state index contributed by atoms with van der Waals surface area (Å²) in [7, 11) is 0. The molecule has 2 aromatic heterocycles. The zero-order valence-corrected chi connectivity index (χ0v) is 13.2. The molecular formula is C17H19NO3S. The summed E-state index contributed by atoms with van der Waals surface area (Å²) in [6, 6.07) is 3.92. The first-order chi connectivity index (χ1) is 10.8. The number of carbonyl (C=O) groups excluding carboxylic acids is 1. The molecule has 0 radical (unpaired) electrons. The summed E-state index contributed by atoms with van der Waals surface area (Å²) in [6.07, 6.45) is 7.34. The summed E-state index contributed by atoms with van der Waals surface area (Å²) in [5.74, 6) is 2.67. The van der Waals surface area contributed by atoms with Crippen molar-refractivity contribution in [1.29, 1.82) is 0 Å². The van der Waals surface area contributed by atoms with Crippen LogP contribution in [0.3, 0.4) is 0 Å². The van der Waals surface area contributed by atoms with Gasteiger partial charge in [0.05, 0.1) is 4.88 Å². The van der Waals surface area contributed by atoms with Crippen molar-refractivity contribution in [2.45, 2.75) is 38.7 Å². The summed E-state index contributed by atoms with van der Waals surface area (Å²) < 4.78 is 10.8. The maximum atomic E-state index is 12.0. The van der Waals surface area contributed by atoms with Crippen molar-refractivity contribution >= 4 is 17.3 Å². The molecule has 0 aliphatic heterocycles. The van der Waals surface area contributed by atoms with Crippen LogP contribution in [0, 0.1) is 17.8 Å². The molecule has 4 rings (SSSR count). The van der Waals surface area contributed by atoms with Crippen LogP contribution in [0.5, 0.6) is 0 Å². The van der Waals surface area contributed by atoms with Crippen molar-refractivity contribution < 1.29 is 13.9 Å².